The number of H-pyrrole nitrogens is 1. The van der Waals surface area contributed by atoms with Crippen LogP contribution in [0.5, 0.6) is 0 Å². The fourth-order valence-corrected chi connectivity index (χ4v) is 5.41. The molecular weight excluding hydrogens is 468 g/mol. The first-order valence-corrected chi connectivity index (χ1v) is 11.8. The first-order chi connectivity index (χ1) is 15.8. The van der Waals surface area contributed by atoms with E-state index in [4.69, 9.17) is 16.3 Å². The van der Waals surface area contributed by atoms with Gasteiger partial charge in [-0.1, -0.05) is 23.7 Å². The molecule has 4 rings (SSSR count). The summed E-state index contributed by atoms with van der Waals surface area (Å²) >= 11 is 5.84. The van der Waals surface area contributed by atoms with Gasteiger partial charge in [-0.15, -0.1) is 0 Å². The van der Waals surface area contributed by atoms with Crippen molar-refractivity contribution < 1.29 is 23.1 Å². The van der Waals surface area contributed by atoms with Crippen molar-refractivity contribution in [2.45, 2.75) is 23.8 Å². The number of ether oxygens (including phenoxy) is 1. The summed E-state index contributed by atoms with van der Waals surface area (Å²) in [6, 6.07) is 13.6. The molecule has 1 atom stereocenters. The van der Waals surface area contributed by atoms with E-state index in [-0.39, 0.29) is 29.3 Å². The van der Waals surface area contributed by atoms with Gasteiger partial charge in [-0.25, -0.2) is 13.4 Å². The molecule has 9 nitrogen and oxygen atoms in total. The van der Waals surface area contributed by atoms with Crippen LogP contribution in [0.25, 0.3) is 16.6 Å². The predicted octanol–water partition coefficient (Wildman–Crippen LogP) is 3.41. The summed E-state index contributed by atoms with van der Waals surface area (Å²) in [5, 5.41) is 20.3. The van der Waals surface area contributed by atoms with E-state index in [2.05, 4.69) is 9.97 Å². The van der Waals surface area contributed by atoms with Crippen molar-refractivity contribution in [3.05, 3.63) is 65.1 Å². The smallest absolute Gasteiger partial charge is 0.324 e. The number of imidazole rings is 1. The van der Waals surface area contributed by atoms with E-state index in [1.54, 1.807) is 24.3 Å². The number of nitriles is 1. The van der Waals surface area contributed by atoms with Crippen LogP contribution >= 0.6 is 11.6 Å². The molecule has 170 valence electrons. The van der Waals surface area contributed by atoms with Crippen molar-refractivity contribution in [3.63, 3.8) is 0 Å². The molecule has 0 bridgehead atoms. The van der Waals surface area contributed by atoms with Gasteiger partial charge in [0, 0.05) is 11.6 Å². The maximum Gasteiger partial charge on any atom is 0.324 e. The molecule has 2 aromatic carbocycles. The Morgan fingerprint density at radius 1 is 1.27 bits per heavy atom. The van der Waals surface area contributed by atoms with Crippen LogP contribution in [0, 0.1) is 11.3 Å². The zero-order valence-corrected chi connectivity index (χ0v) is 18.8. The molecule has 33 heavy (non-hydrogen) atoms. The number of allylic oxidation sites excluding steroid dienone is 1. The summed E-state index contributed by atoms with van der Waals surface area (Å²) in [4.78, 5) is 19.9. The average Bonchev–Trinajstić information content (AvgIpc) is 3.46. The fraction of sp³-hybridized carbons (Fsp3) is 0.227. The number of aromatic amines is 1. The minimum atomic E-state index is -3.94. The summed E-state index contributed by atoms with van der Waals surface area (Å²) in [7, 11) is -3.94. The molecule has 1 aromatic heterocycles. The summed E-state index contributed by atoms with van der Waals surface area (Å²) in [6.07, 6.45) is 0.766. The van der Waals surface area contributed by atoms with E-state index >= 15 is 0 Å². The van der Waals surface area contributed by atoms with Gasteiger partial charge in [0.2, 0.25) is 10.0 Å². The zero-order valence-electron chi connectivity index (χ0n) is 17.2. The lowest BCUT2D eigenvalue weighted by atomic mass is 10.2. The number of esters is 1. The lowest BCUT2D eigenvalue weighted by molar-refractivity contribution is -0.147. The number of benzene rings is 2. The summed E-state index contributed by atoms with van der Waals surface area (Å²) in [5.74, 6) is -1.16. The second kappa shape index (κ2) is 9.23. The van der Waals surface area contributed by atoms with Crippen LogP contribution in [0.2, 0.25) is 5.02 Å². The van der Waals surface area contributed by atoms with Crippen molar-refractivity contribution in [2.24, 2.45) is 0 Å². The van der Waals surface area contributed by atoms with E-state index in [1.165, 1.54) is 24.3 Å². The van der Waals surface area contributed by atoms with E-state index in [0.29, 0.717) is 22.5 Å². The van der Waals surface area contributed by atoms with Gasteiger partial charge in [0.25, 0.3) is 0 Å². The number of aromatic nitrogens is 2. The Labute approximate surface area is 194 Å². The van der Waals surface area contributed by atoms with Gasteiger partial charge >= 0.3 is 5.97 Å². The second-order valence-electron chi connectivity index (χ2n) is 7.37. The van der Waals surface area contributed by atoms with Crippen molar-refractivity contribution in [1.29, 1.82) is 5.26 Å². The molecule has 1 unspecified atom stereocenters. The molecule has 0 aliphatic carbocycles. The summed E-state index contributed by atoms with van der Waals surface area (Å²) in [6.45, 7) is -0.431. The van der Waals surface area contributed by atoms with E-state index in [9.17, 15) is 23.6 Å². The Balaban J connectivity index is 1.50. The largest absolute Gasteiger partial charge is 0.507 e. The highest BCUT2D eigenvalue weighted by Crippen LogP contribution is 2.28. The molecule has 0 spiro atoms. The monoisotopic (exact) mass is 486 g/mol. The second-order valence-corrected chi connectivity index (χ2v) is 9.70. The van der Waals surface area contributed by atoms with Gasteiger partial charge in [0.1, 0.15) is 24.3 Å². The van der Waals surface area contributed by atoms with Crippen LogP contribution in [0.3, 0.4) is 0 Å². The third kappa shape index (κ3) is 4.57. The number of carbonyl (C=O) groups is 1. The van der Waals surface area contributed by atoms with E-state index in [1.807, 2.05) is 6.07 Å². The van der Waals surface area contributed by atoms with Crippen LogP contribution in [-0.4, -0.2) is 53.0 Å². The van der Waals surface area contributed by atoms with Crippen LogP contribution in [0.4, 0.5) is 0 Å². The summed E-state index contributed by atoms with van der Waals surface area (Å²) < 4.78 is 32.2. The molecule has 2 N–H and O–H groups in total. The number of aliphatic hydroxyl groups excluding tert-OH is 1. The number of nitrogens with one attached hydrogen (secondary N) is 1. The highest BCUT2D eigenvalue weighted by Gasteiger charge is 2.40. The maximum atomic E-state index is 13.0. The molecule has 0 radical (unpaired) electrons. The highest BCUT2D eigenvalue weighted by molar-refractivity contribution is 7.89. The minimum Gasteiger partial charge on any atom is -0.507 e. The number of fused-ring (bicyclic) bond motifs is 1. The van der Waals surface area contributed by atoms with Crippen molar-refractivity contribution in [1.82, 2.24) is 14.3 Å². The van der Waals surface area contributed by atoms with E-state index < -0.39 is 34.4 Å². The lowest BCUT2D eigenvalue weighted by Crippen LogP contribution is -2.41. The molecule has 11 heteroatoms. The van der Waals surface area contributed by atoms with Crippen LogP contribution in [-0.2, 0) is 19.6 Å². The number of para-hydroxylation sites is 2. The molecule has 2 heterocycles. The Morgan fingerprint density at radius 3 is 2.70 bits per heavy atom. The number of carbonyl (C=O) groups excluding carboxylic acids is 1. The fourth-order valence-electron chi connectivity index (χ4n) is 3.64. The van der Waals surface area contributed by atoms with Crippen molar-refractivity contribution in [3.8, 4) is 6.07 Å². The van der Waals surface area contributed by atoms with Gasteiger partial charge in [-0.2, -0.15) is 9.57 Å². The SMILES string of the molecule is N#CC(=C(O)COC(=O)C1CCCN1S(=O)(=O)c1ccc(Cl)cc1)c1nc2ccccc2[nH]1. The Bertz CT molecular complexity index is 1340. The molecule has 1 aliphatic heterocycles. The highest BCUT2D eigenvalue weighted by atomic mass is 35.5. The first kappa shape index (κ1) is 22.8. The topological polar surface area (TPSA) is 136 Å². The Hall–Kier alpha value is -3.39. The molecule has 1 fully saturated rings. The molecule has 1 saturated heterocycles. The van der Waals surface area contributed by atoms with Gasteiger partial charge in [-0.05, 0) is 49.2 Å². The molecular formula is C22H19ClN4O5S. The number of rotatable bonds is 6. The molecule has 0 saturated carbocycles. The van der Waals surface area contributed by atoms with Gasteiger partial charge < -0.3 is 14.8 Å². The predicted molar refractivity (Wildman–Crippen MR) is 121 cm³/mol. The van der Waals surface area contributed by atoms with E-state index in [0.717, 1.165) is 4.31 Å². The van der Waals surface area contributed by atoms with Crippen LogP contribution in [0.1, 0.15) is 18.7 Å². The third-order valence-electron chi connectivity index (χ3n) is 5.27. The van der Waals surface area contributed by atoms with Crippen LogP contribution in [0.15, 0.2) is 59.2 Å². The maximum absolute atomic E-state index is 13.0. The van der Waals surface area contributed by atoms with Crippen LogP contribution < -0.4 is 0 Å². The van der Waals surface area contributed by atoms with Gasteiger partial charge in [0.05, 0.1) is 15.9 Å². The first-order valence-electron chi connectivity index (χ1n) is 10.0. The summed E-state index contributed by atoms with van der Waals surface area (Å²) in [5.41, 5.74) is 1.12. The Kier molecular flexibility index (Phi) is 6.37. The minimum absolute atomic E-state index is 0.0194. The standard InChI is InChI=1S/C22H19ClN4O5S/c23-14-7-9-15(10-8-14)33(30,31)27-11-3-6-19(27)22(29)32-13-20(28)16(12-24)21-25-17-4-1-2-5-18(17)26-21/h1-2,4-5,7-10,19,28H,3,6,11,13H2,(H,25,26). The average molecular weight is 487 g/mol. The quantitative estimate of drug-likeness (QED) is 0.309. The van der Waals surface area contributed by atoms with Crippen molar-refractivity contribution >= 4 is 44.2 Å². The van der Waals surface area contributed by atoms with Gasteiger partial charge in [0.15, 0.2) is 11.6 Å². The number of hydrogen-bond donors (Lipinski definition) is 2. The Morgan fingerprint density at radius 2 is 2.00 bits per heavy atom. The lowest BCUT2D eigenvalue weighted by Gasteiger charge is -2.22. The third-order valence-corrected chi connectivity index (χ3v) is 7.45. The normalized spacial score (nSPS) is 17.5. The molecule has 1 aliphatic rings. The number of aliphatic hydroxyl groups is 1. The van der Waals surface area contributed by atoms with Crippen molar-refractivity contribution in [2.75, 3.05) is 13.2 Å². The number of sulfonamides is 1. The number of halogens is 1. The number of nitrogens with zero attached hydrogens (tertiary/aromatic N) is 3. The molecule has 3 aromatic rings. The van der Waals surface area contributed by atoms with Gasteiger partial charge in [-0.3, -0.25) is 4.79 Å². The molecule has 0 amide bonds. The zero-order chi connectivity index (χ0) is 23.6. The number of hydrogen-bond acceptors (Lipinski definition) is 7.